The van der Waals surface area contributed by atoms with Crippen LogP contribution in [0, 0.1) is 6.92 Å². The first-order valence-electron chi connectivity index (χ1n) is 5.21. The first kappa shape index (κ1) is 37.0. The van der Waals surface area contributed by atoms with Crippen LogP contribution in [0.4, 0.5) is 0 Å². The van der Waals surface area contributed by atoms with E-state index in [0.29, 0.717) is 0 Å². The number of rotatable bonds is 2. The number of carbonyl (C=O) groups excluding carboxylic acids is 2. The van der Waals surface area contributed by atoms with Crippen LogP contribution in [-0.4, -0.2) is 16.9 Å². The predicted molar refractivity (Wildman–Crippen MR) is 64.6 cm³/mol. The number of aliphatic carboxylic acids is 2. The van der Waals surface area contributed by atoms with Crippen LogP contribution in [0.15, 0.2) is 24.4 Å². The van der Waals surface area contributed by atoms with Crippen LogP contribution in [0.5, 0.6) is 0 Å². The zero-order valence-corrected chi connectivity index (χ0v) is 15.9. The van der Waals surface area contributed by atoms with Crippen LogP contribution < -0.4 is 41.2 Å². The average molecular weight is 522 g/mol. The zero-order chi connectivity index (χ0) is 13.7. The van der Waals surface area contributed by atoms with Gasteiger partial charge in [-0.15, -0.1) is 0 Å². The van der Waals surface area contributed by atoms with E-state index < -0.39 is 11.9 Å². The summed E-state index contributed by atoms with van der Waals surface area (Å²) in [6, 6.07) is 5.86. The Morgan fingerprint density at radius 3 is 1.48 bits per heavy atom. The maximum atomic E-state index is 9.26. The fourth-order valence-corrected chi connectivity index (χ4v) is 0.448. The Morgan fingerprint density at radius 2 is 1.38 bits per heavy atom. The first-order chi connectivity index (χ1) is 7.93. The molecule has 1 rings (SSSR count). The van der Waals surface area contributed by atoms with Gasteiger partial charge in [-0.1, -0.05) is 19.9 Å². The molecule has 3 N–H and O–H groups in total. The van der Waals surface area contributed by atoms with E-state index in [2.05, 4.69) is 4.98 Å². The molecule has 1 aromatic heterocycles. The van der Waals surface area contributed by atoms with Gasteiger partial charge in [0.15, 0.2) is 0 Å². The maximum Gasteiger partial charge on any atom is 4.00 e. The number of aryl methyl sites for hydroxylation is 1. The fraction of sp³-hybridized carbons (Fsp3) is 0.417. The van der Waals surface area contributed by atoms with Gasteiger partial charge in [-0.2, -0.15) is 0 Å². The topological polar surface area (TPSA) is 128 Å². The van der Waals surface area contributed by atoms with E-state index in [1.165, 1.54) is 13.8 Å². The van der Waals surface area contributed by atoms with Crippen LogP contribution in [0.3, 0.4) is 0 Å². The van der Waals surface area contributed by atoms with Gasteiger partial charge >= 0.3 is 21.1 Å². The van der Waals surface area contributed by atoms with Gasteiger partial charge in [0.05, 0.1) is 0 Å². The summed E-state index contributed by atoms with van der Waals surface area (Å²) in [5, 5.41) is 18.5. The second-order valence-corrected chi connectivity index (χ2v) is 2.92. The Bertz CT molecular complexity index is 316. The number of nitrogens with zero attached hydrogens (tertiary/aromatic N) is 1. The van der Waals surface area contributed by atoms with Crippen LogP contribution in [-0.2, 0) is 30.7 Å². The van der Waals surface area contributed by atoms with Gasteiger partial charge in [0.1, 0.15) is 0 Å². The summed E-state index contributed by atoms with van der Waals surface area (Å²) in [6.45, 7) is 5.05. The van der Waals surface area contributed by atoms with Gasteiger partial charge in [-0.25, -0.2) is 0 Å². The molecule has 0 bridgehead atoms. The molecular weight excluding hydrogens is 502 g/mol. The molecule has 9 heteroatoms. The molecule has 0 aromatic carbocycles. The summed E-state index contributed by atoms with van der Waals surface area (Å²) in [4.78, 5) is 22.5. The van der Waals surface area contributed by atoms with E-state index in [4.69, 9.17) is 0 Å². The molecule has 0 fully saturated rings. The number of aromatic nitrogens is 1. The molecular formula is C12H20Cl2N2O4Pt. The molecule has 126 valence electrons. The number of carbonyl (C=O) groups is 2. The summed E-state index contributed by atoms with van der Waals surface area (Å²) in [5.41, 5.74) is 1.07. The number of hydrogen-bond acceptors (Lipinski definition) is 6. The Kier molecular flexibility index (Phi) is 48.7. The van der Waals surface area contributed by atoms with Crippen molar-refractivity contribution in [3.63, 3.8) is 0 Å². The van der Waals surface area contributed by atoms with E-state index in [9.17, 15) is 19.8 Å². The van der Waals surface area contributed by atoms with Crippen molar-refractivity contribution in [1.29, 1.82) is 0 Å². The van der Waals surface area contributed by atoms with Gasteiger partial charge in [0, 0.05) is 23.8 Å². The monoisotopic (exact) mass is 521 g/mol. The van der Waals surface area contributed by atoms with Gasteiger partial charge in [0.25, 0.3) is 0 Å². The zero-order valence-electron chi connectivity index (χ0n) is 12.1. The molecule has 0 saturated heterocycles. The van der Waals surface area contributed by atoms with Gasteiger partial charge in [0.2, 0.25) is 0 Å². The van der Waals surface area contributed by atoms with Crippen molar-refractivity contribution in [1.82, 2.24) is 11.1 Å². The number of halogens is 2. The third-order valence-electron chi connectivity index (χ3n) is 1.39. The third-order valence-corrected chi connectivity index (χ3v) is 1.39. The minimum atomic E-state index is -0.995. The van der Waals surface area contributed by atoms with Crippen molar-refractivity contribution < 1.29 is 65.7 Å². The summed E-state index contributed by atoms with van der Waals surface area (Å²) in [6.07, 6.45) is 2.01. The molecule has 0 spiro atoms. The van der Waals surface area contributed by atoms with E-state index in [1.54, 1.807) is 6.20 Å². The van der Waals surface area contributed by atoms with Gasteiger partial charge in [-0.05, 0) is 31.9 Å². The van der Waals surface area contributed by atoms with Crippen LogP contribution >= 0.6 is 0 Å². The smallest absolute Gasteiger partial charge is 1.00 e. The molecule has 21 heavy (non-hydrogen) atoms. The molecule has 0 aliphatic heterocycles. The Morgan fingerprint density at radius 1 is 1.05 bits per heavy atom. The van der Waals surface area contributed by atoms with Crippen molar-refractivity contribution in [3.05, 3.63) is 30.1 Å². The van der Waals surface area contributed by atoms with E-state index >= 15 is 0 Å². The van der Waals surface area contributed by atoms with E-state index in [-0.39, 0.29) is 64.9 Å². The summed E-state index contributed by atoms with van der Waals surface area (Å²) < 4.78 is 0. The molecule has 0 aliphatic rings. The van der Waals surface area contributed by atoms with Crippen LogP contribution in [0.1, 0.15) is 32.4 Å². The number of hydrogen-bond donors (Lipinski definition) is 1. The third kappa shape index (κ3) is 45.2. The standard InChI is InChI=1S/C6H7N.2C3H6O2.2ClH.H3N.Pt/c1-6-4-2-3-5-7-6;2*1-2-3(4)5;;;;/h2-5H,1H3;2*2H2,1H3,(H,4,5);2*1H;1H3;/q;;;;;;+4/p-4. The maximum absolute atomic E-state index is 9.26. The molecule has 1 heterocycles. The molecule has 0 radical (unpaired) electrons. The Balaban J connectivity index is -0.0000000375. The van der Waals surface area contributed by atoms with E-state index in [1.807, 2.05) is 25.1 Å². The van der Waals surface area contributed by atoms with Crippen LogP contribution in [0.2, 0.25) is 0 Å². The first-order valence-corrected chi connectivity index (χ1v) is 5.21. The van der Waals surface area contributed by atoms with Gasteiger partial charge in [-0.3, -0.25) is 4.98 Å². The number of carboxylic acids is 2. The number of carboxylic acid groups (broad SMARTS) is 2. The molecule has 0 unspecified atom stereocenters. The SMILES string of the molecule is CCC(=O)[O-].CCC(=O)[O-].Cc1ccccn1.N.[Cl-].[Cl-].[Pt+4]. The summed E-state index contributed by atoms with van der Waals surface area (Å²) in [5.74, 6) is -1.99. The molecule has 0 saturated carbocycles. The molecule has 6 nitrogen and oxygen atoms in total. The van der Waals surface area contributed by atoms with Crippen molar-refractivity contribution in [3.8, 4) is 0 Å². The Labute approximate surface area is 152 Å². The van der Waals surface area contributed by atoms with Crippen molar-refractivity contribution in [2.24, 2.45) is 0 Å². The molecule has 0 amide bonds. The van der Waals surface area contributed by atoms with Crippen molar-refractivity contribution in [2.75, 3.05) is 0 Å². The quantitative estimate of drug-likeness (QED) is 0.412. The largest absolute Gasteiger partial charge is 4.00 e. The minimum absolute atomic E-state index is 0. The fourth-order valence-electron chi connectivity index (χ4n) is 0.448. The summed E-state index contributed by atoms with van der Waals surface area (Å²) in [7, 11) is 0. The van der Waals surface area contributed by atoms with Crippen molar-refractivity contribution >= 4 is 11.9 Å². The predicted octanol–water partition coefficient (Wildman–Crippen LogP) is -6.15. The molecule has 0 aliphatic carbocycles. The normalized spacial score (nSPS) is 6.43. The molecule has 0 atom stereocenters. The van der Waals surface area contributed by atoms with Gasteiger partial charge < -0.3 is 50.8 Å². The second-order valence-electron chi connectivity index (χ2n) is 2.92. The van der Waals surface area contributed by atoms with Crippen molar-refractivity contribution in [2.45, 2.75) is 33.6 Å². The number of pyridine rings is 1. The summed E-state index contributed by atoms with van der Waals surface area (Å²) >= 11 is 0. The second kappa shape index (κ2) is 27.6. The average Bonchev–Trinajstić information content (AvgIpc) is 2.31. The van der Waals surface area contributed by atoms with Crippen LogP contribution in [0.25, 0.3) is 0 Å². The van der Waals surface area contributed by atoms with E-state index in [0.717, 1.165) is 5.69 Å². The Hall–Kier alpha value is -0.682. The molecule has 1 aromatic rings. The minimum Gasteiger partial charge on any atom is -1.00 e.